The van der Waals surface area contributed by atoms with Crippen LogP contribution in [0, 0.1) is 0 Å². The molecule has 0 aromatic heterocycles. The van der Waals surface area contributed by atoms with Crippen molar-refractivity contribution in [3.05, 3.63) is 48.0 Å². The normalized spacial score (nSPS) is 14.5. The quantitative estimate of drug-likeness (QED) is 0.835. The van der Waals surface area contributed by atoms with Gasteiger partial charge in [0, 0.05) is 23.9 Å². The molecule has 2 aromatic rings. The van der Waals surface area contributed by atoms with Gasteiger partial charge in [-0.2, -0.15) is 0 Å². The van der Waals surface area contributed by atoms with Gasteiger partial charge in [-0.25, -0.2) is 0 Å². The molecule has 1 amide bonds. The van der Waals surface area contributed by atoms with Crippen molar-refractivity contribution < 1.29 is 14.3 Å². The number of para-hydroxylation sites is 1. The summed E-state index contributed by atoms with van der Waals surface area (Å²) in [5.74, 6) is 1.72. The third-order valence-corrected chi connectivity index (χ3v) is 4.36. The van der Waals surface area contributed by atoms with E-state index in [1.54, 1.807) is 0 Å². The Morgan fingerprint density at radius 3 is 2.50 bits per heavy atom. The van der Waals surface area contributed by atoms with E-state index in [2.05, 4.69) is 24.5 Å². The fourth-order valence-electron chi connectivity index (χ4n) is 2.92. The molecule has 5 heteroatoms. The molecule has 0 saturated heterocycles. The van der Waals surface area contributed by atoms with Gasteiger partial charge in [0.1, 0.15) is 6.04 Å². The predicted molar refractivity (Wildman–Crippen MR) is 104 cm³/mol. The molecule has 3 rings (SSSR count). The maximum atomic E-state index is 12.6. The molecule has 26 heavy (non-hydrogen) atoms. The molecule has 0 aliphatic carbocycles. The van der Waals surface area contributed by atoms with E-state index in [-0.39, 0.29) is 11.9 Å². The number of benzene rings is 2. The van der Waals surface area contributed by atoms with E-state index in [0.29, 0.717) is 24.9 Å². The van der Waals surface area contributed by atoms with Crippen molar-refractivity contribution in [2.75, 3.05) is 23.8 Å². The summed E-state index contributed by atoms with van der Waals surface area (Å²) >= 11 is 0. The summed E-state index contributed by atoms with van der Waals surface area (Å²) in [5, 5.41) is 6.26. The van der Waals surface area contributed by atoms with Crippen LogP contribution in [-0.4, -0.2) is 25.2 Å². The van der Waals surface area contributed by atoms with Crippen LogP contribution in [0.3, 0.4) is 0 Å². The lowest BCUT2D eigenvalue weighted by Gasteiger charge is -2.19. The fraction of sp³-hybridized carbons (Fsp3) is 0.381. The number of ether oxygens (including phenoxy) is 2. The molecule has 0 spiro atoms. The van der Waals surface area contributed by atoms with E-state index in [0.717, 1.165) is 29.1 Å². The van der Waals surface area contributed by atoms with E-state index in [1.807, 2.05) is 49.4 Å². The van der Waals surface area contributed by atoms with Crippen LogP contribution in [-0.2, 0) is 4.79 Å². The predicted octanol–water partition coefficient (Wildman–Crippen LogP) is 4.41. The Morgan fingerprint density at radius 2 is 1.73 bits per heavy atom. The van der Waals surface area contributed by atoms with Crippen molar-refractivity contribution in [1.82, 2.24) is 0 Å². The van der Waals surface area contributed by atoms with Gasteiger partial charge in [0.15, 0.2) is 11.5 Å². The molecule has 0 radical (unpaired) electrons. The highest BCUT2D eigenvalue weighted by Gasteiger charge is 2.17. The number of anilines is 2. The fourth-order valence-corrected chi connectivity index (χ4v) is 2.92. The number of hydrogen-bond donors (Lipinski definition) is 2. The molecule has 0 bridgehead atoms. The highest BCUT2D eigenvalue weighted by molar-refractivity contribution is 5.97. The maximum Gasteiger partial charge on any atom is 0.246 e. The molecule has 0 fully saturated rings. The smallest absolute Gasteiger partial charge is 0.246 e. The molecule has 1 aliphatic rings. The zero-order chi connectivity index (χ0) is 18.5. The molecule has 1 aliphatic heterocycles. The monoisotopic (exact) mass is 354 g/mol. The van der Waals surface area contributed by atoms with Gasteiger partial charge in [0.2, 0.25) is 5.91 Å². The summed E-state index contributed by atoms with van der Waals surface area (Å²) < 4.78 is 11.3. The minimum absolute atomic E-state index is 0.0785. The Bertz CT molecular complexity index is 774. The minimum Gasteiger partial charge on any atom is -0.490 e. The Labute approximate surface area is 154 Å². The van der Waals surface area contributed by atoms with Crippen LogP contribution >= 0.6 is 0 Å². The number of amides is 1. The number of carbonyl (C=O) groups is 1. The molecule has 1 heterocycles. The van der Waals surface area contributed by atoms with Gasteiger partial charge in [-0.3, -0.25) is 4.79 Å². The Balaban J connectivity index is 1.67. The standard InChI is InChI=1S/C21H26N2O3/c1-14(2)17-7-4-5-8-18(17)23-21(24)15(3)22-16-9-10-19-20(13-16)26-12-6-11-25-19/h4-5,7-10,13-15,22H,6,11-12H2,1-3H3,(H,23,24). The van der Waals surface area contributed by atoms with Crippen molar-refractivity contribution in [3.63, 3.8) is 0 Å². The third-order valence-electron chi connectivity index (χ3n) is 4.36. The van der Waals surface area contributed by atoms with Gasteiger partial charge in [0.05, 0.1) is 13.2 Å². The third kappa shape index (κ3) is 4.28. The van der Waals surface area contributed by atoms with E-state index >= 15 is 0 Å². The van der Waals surface area contributed by atoms with Crippen molar-refractivity contribution in [3.8, 4) is 11.5 Å². The maximum absolute atomic E-state index is 12.6. The summed E-state index contributed by atoms with van der Waals surface area (Å²) in [6, 6.07) is 13.2. The topological polar surface area (TPSA) is 59.6 Å². The average molecular weight is 354 g/mol. The highest BCUT2D eigenvalue weighted by Crippen LogP contribution is 2.32. The lowest BCUT2D eigenvalue weighted by atomic mass is 10.0. The molecule has 1 atom stereocenters. The summed E-state index contributed by atoms with van der Waals surface area (Å²) in [6.45, 7) is 7.37. The number of fused-ring (bicyclic) bond motifs is 1. The van der Waals surface area contributed by atoms with Crippen molar-refractivity contribution in [2.24, 2.45) is 0 Å². The molecule has 138 valence electrons. The Hall–Kier alpha value is -2.69. The number of hydrogen-bond acceptors (Lipinski definition) is 4. The van der Waals surface area contributed by atoms with Gasteiger partial charge in [-0.15, -0.1) is 0 Å². The van der Waals surface area contributed by atoms with Gasteiger partial charge in [-0.05, 0) is 36.6 Å². The van der Waals surface area contributed by atoms with Crippen LogP contribution < -0.4 is 20.1 Å². The second-order valence-corrected chi connectivity index (χ2v) is 6.81. The molecular formula is C21H26N2O3. The zero-order valence-electron chi connectivity index (χ0n) is 15.5. The average Bonchev–Trinajstić information content (AvgIpc) is 2.86. The van der Waals surface area contributed by atoms with E-state index < -0.39 is 0 Å². The van der Waals surface area contributed by atoms with Crippen molar-refractivity contribution >= 4 is 17.3 Å². The van der Waals surface area contributed by atoms with Gasteiger partial charge >= 0.3 is 0 Å². The SMILES string of the molecule is CC(Nc1ccc2c(c1)OCCCO2)C(=O)Nc1ccccc1C(C)C. The highest BCUT2D eigenvalue weighted by atomic mass is 16.5. The first kappa shape index (κ1) is 18.1. The van der Waals surface area contributed by atoms with Crippen LogP contribution in [0.2, 0.25) is 0 Å². The number of rotatable bonds is 5. The first-order valence-electron chi connectivity index (χ1n) is 9.10. The number of carbonyl (C=O) groups excluding carboxylic acids is 1. The van der Waals surface area contributed by atoms with Crippen LogP contribution in [0.1, 0.15) is 38.7 Å². The molecule has 5 nitrogen and oxygen atoms in total. The second-order valence-electron chi connectivity index (χ2n) is 6.81. The van der Waals surface area contributed by atoms with E-state index in [4.69, 9.17) is 9.47 Å². The van der Waals surface area contributed by atoms with E-state index in [1.165, 1.54) is 0 Å². The molecule has 1 unspecified atom stereocenters. The summed E-state index contributed by atoms with van der Waals surface area (Å²) in [6.07, 6.45) is 0.867. The van der Waals surface area contributed by atoms with Gasteiger partial charge < -0.3 is 20.1 Å². The largest absolute Gasteiger partial charge is 0.490 e. The lowest BCUT2D eigenvalue weighted by molar-refractivity contribution is -0.116. The number of nitrogens with one attached hydrogen (secondary N) is 2. The summed E-state index contributed by atoms with van der Waals surface area (Å²) in [5.41, 5.74) is 2.82. The molecular weight excluding hydrogens is 328 g/mol. The zero-order valence-corrected chi connectivity index (χ0v) is 15.5. The van der Waals surface area contributed by atoms with Crippen molar-refractivity contribution in [2.45, 2.75) is 39.2 Å². The first-order chi connectivity index (χ1) is 12.5. The first-order valence-corrected chi connectivity index (χ1v) is 9.10. The van der Waals surface area contributed by atoms with Crippen LogP contribution in [0.25, 0.3) is 0 Å². The minimum atomic E-state index is -0.389. The van der Waals surface area contributed by atoms with Crippen LogP contribution in [0.5, 0.6) is 11.5 Å². The molecule has 2 aromatic carbocycles. The van der Waals surface area contributed by atoms with Gasteiger partial charge in [0.25, 0.3) is 0 Å². The molecule has 2 N–H and O–H groups in total. The second kappa shape index (κ2) is 8.13. The summed E-state index contributed by atoms with van der Waals surface area (Å²) in [7, 11) is 0. The van der Waals surface area contributed by atoms with Gasteiger partial charge in [-0.1, -0.05) is 32.0 Å². The van der Waals surface area contributed by atoms with Crippen molar-refractivity contribution in [1.29, 1.82) is 0 Å². The Kier molecular flexibility index (Phi) is 5.66. The van der Waals surface area contributed by atoms with Crippen LogP contribution in [0.15, 0.2) is 42.5 Å². The van der Waals surface area contributed by atoms with E-state index in [9.17, 15) is 4.79 Å². The lowest BCUT2D eigenvalue weighted by Crippen LogP contribution is -2.32. The molecule has 0 saturated carbocycles. The Morgan fingerprint density at radius 1 is 1.00 bits per heavy atom. The summed E-state index contributed by atoms with van der Waals surface area (Å²) in [4.78, 5) is 12.6. The van der Waals surface area contributed by atoms with Crippen LogP contribution in [0.4, 0.5) is 11.4 Å².